The summed E-state index contributed by atoms with van der Waals surface area (Å²) in [6.07, 6.45) is 1.69. The predicted molar refractivity (Wildman–Crippen MR) is 97.6 cm³/mol. The van der Waals surface area contributed by atoms with Crippen molar-refractivity contribution in [3.05, 3.63) is 42.1 Å². The number of carboxylic acid groups (broad SMARTS) is 1. The molecule has 0 aliphatic rings. The summed E-state index contributed by atoms with van der Waals surface area (Å²) < 4.78 is 33.7. The van der Waals surface area contributed by atoms with E-state index in [0.717, 1.165) is 0 Å². The van der Waals surface area contributed by atoms with Crippen molar-refractivity contribution in [2.45, 2.75) is 43.4 Å². The second-order valence-corrected chi connectivity index (χ2v) is 8.50. The zero-order valence-corrected chi connectivity index (χ0v) is 15.7. The highest BCUT2D eigenvalue weighted by molar-refractivity contribution is 8.00. The number of aromatic nitrogens is 1. The largest absolute Gasteiger partial charge is 0.488 e. The molecule has 0 unspecified atom stereocenters. The third-order valence-corrected chi connectivity index (χ3v) is 4.40. The van der Waals surface area contributed by atoms with Crippen LogP contribution in [0.4, 0.5) is 8.78 Å². The van der Waals surface area contributed by atoms with Gasteiger partial charge in [0.25, 0.3) is 0 Å². The Kier molecular flexibility index (Phi) is 6.58. The molecule has 0 spiro atoms. The molecule has 0 aliphatic heterocycles. The maximum atomic E-state index is 14.3. The molecule has 7 heteroatoms. The molecule has 0 radical (unpaired) electrons. The number of aliphatic carboxylic acids is 1. The van der Waals surface area contributed by atoms with Gasteiger partial charge in [-0.1, -0.05) is 38.6 Å². The van der Waals surface area contributed by atoms with Crippen molar-refractivity contribution in [3.8, 4) is 16.9 Å². The van der Waals surface area contributed by atoms with Gasteiger partial charge in [0.15, 0.2) is 17.4 Å². The summed E-state index contributed by atoms with van der Waals surface area (Å²) in [5.74, 6) is -3.13. The number of thioether (sulfide) groups is 1. The van der Waals surface area contributed by atoms with Gasteiger partial charge in [-0.25, -0.2) is 13.8 Å². The van der Waals surface area contributed by atoms with Gasteiger partial charge in [-0.05, 0) is 30.2 Å². The lowest BCUT2D eigenvalue weighted by atomic mass is 10.1. The number of rotatable bonds is 7. The molecule has 4 nitrogen and oxygen atoms in total. The second kappa shape index (κ2) is 8.49. The van der Waals surface area contributed by atoms with Gasteiger partial charge in [0.2, 0.25) is 0 Å². The maximum absolute atomic E-state index is 14.3. The Morgan fingerprint density at radius 3 is 2.50 bits per heavy atom. The van der Waals surface area contributed by atoms with Crippen LogP contribution in [0.15, 0.2) is 35.5 Å². The number of carboxylic acids is 1. The van der Waals surface area contributed by atoms with Crippen molar-refractivity contribution in [2.75, 3.05) is 6.61 Å². The van der Waals surface area contributed by atoms with E-state index >= 15 is 0 Å². The van der Waals surface area contributed by atoms with Gasteiger partial charge in [-0.2, -0.15) is 0 Å². The van der Waals surface area contributed by atoms with Gasteiger partial charge in [0, 0.05) is 22.9 Å². The van der Waals surface area contributed by atoms with Gasteiger partial charge >= 0.3 is 5.97 Å². The minimum atomic E-state index is -0.981. The van der Waals surface area contributed by atoms with Gasteiger partial charge in [0.05, 0.1) is 6.61 Å². The lowest BCUT2D eigenvalue weighted by Crippen LogP contribution is -2.08. The smallest absolute Gasteiger partial charge is 0.303 e. The van der Waals surface area contributed by atoms with E-state index in [-0.39, 0.29) is 24.2 Å². The molecule has 0 saturated heterocycles. The number of halogens is 2. The standard InChI is InChI=1S/C19H21F2NO3S/c1-19(2,3)26-18-13(6-4-8-22-18)12-10-14(20)17(15(21)11-12)25-9-5-7-16(23)24/h4,6,8,10-11H,5,7,9H2,1-3H3,(H,23,24). The van der Waals surface area contributed by atoms with E-state index in [0.29, 0.717) is 16.2 Å². The summed E-state index contributed by atoms with van der Waals surface area (Å²) in [6, 6.07) is 5.90. The number of ether oxygens (including phenoxy) is 1. The molecule has 0 amide bonds. The molecule has 0 bridgehead atoms. The molecule has 0 fully saturated rings. The average Bonchev–Trinajstić information content (AvgIpc) is 2.52. The van der Waals surface area contributed by atoms with Crippen molar-refractivity contribution >= 4 is 17.7 Å². The van der Waals surface area contributed by atoms with Crippen LogP contribution >= 0.6 is 11.8 Å². The Balaban J connectivity index is 2.26. The van der Waals surface area contributed by atoms with Crippen LogP contribution in [0.5, 0.6) is 5.75 Å². The fraction of sp³-hybridized carbons (Fsp3) is 0.368. The summed E-state index contributed by atoms with van der Waals surface area (Å²) in [5, 5.41) is 9.27. The molecule has 1 heterocycles. The Hall–Kier alpha value is -2.15. The summed E-state index contributed by atoms with van der Waals surface area (Å²) in [6.45, 7) is 6.03. The molecule has 1 aromatic heterocycles. The molecule has 0 atom stereocenters. The lowest BCUT2D eigenvalue weighted by molar-refractivity contribution is -0.137. The van der Waals surface area contributed by atoms with Crippen LogP contribution in [-0.2, 0) is 4.79 Å². The van der Waals surface area contributed by atoms with Gasteiger partial charge in [-0.15, -0.1) is 0 Å². The fourth-order valence-corrected chi connectivity index (χ4v) is 3.22. The second-order valence-electron chi connectivity index (χ2n) is 6.69. The van der Waals surface area contributed by atoms with Gasteiger partial charge < -0.3 is 9.84 Å². The first-order valence-corrected chi connectivity index (χ1v) is 8.97. The summed E-state index contributed by atoms with van der Waals surface area (Å²) >= 11 is 1.51. The minimum absolute atomic E-state index is 0.0719. The predicted octanol–water partition coefficient (Wildman–Crippen LogP) is 5.16. The van der Waals surface area contributed by atoms with Crippen LogP contribution in [0, 0.1) is 11.6 Å². The van der Waals surface area contributed by atoms with E-state index in [1.54, 1.807) is 18.3 Å². The number of carbonyl (C=O) groups is 1. The molecular formula is C19H21F2NO3S. The number of pyridine rings is 1. The van der Waals surface area contributed by atoms with E-state index in [4.69, 9.17) is 9.84 Å². The van der Waals surface area contributed by atoms with E-state index < -0.39 is 23.4 Å². The quantitative estimate of drug-likeness (QED) is 0.530. The molecule has 1 aromatic carbocycles. The van der Waals surface area contributed by atoms with Crippen LogP contribution in [0.1, 0.15) is 33.6 Å². The van der Waals surface area contributed by atoms with Crippen molar-refractivity contribution in [1.82, 2.24) is 4.98 Å². The SMILES string of the molecule is CC(C)(C)Sc1ncccc1-c1cc(F)c(OCCCC(=O)O)c(F)c1. The van der Waals surface area contributed by atoms with Crippen LogP contribution in [-0.4, -0.2) is 27.4 Å². The lowest BCUT2D eigenvalue weighted by Gasteiger charge is -2.19. The third-order valence-electron chi connectivity index (χ3n) is 3.26. The fourth-order valence-electron chi connectivity index (χ4n) is 2.23. The highest BCUT2D eigenvalue weighted by Crippen LogP contribution is 2.38. The zero-order valence-electron chi connectivity index (χ0n) is 14.9. The van der Waals surface area contributed by atoms with Crippen molar-refractivity contribution in [3.63, 3.8) is 0 Å². The van der Waals surface area contributed by atoms with Gasteiger partial charge in [0.1, 0.15) is 5.03 Å². The highest BCUT2D eigenvalue weighted by Gasteiger charge is 2.19. The maximum Gasteiger partial charge on any atom is 0.303 e. The first-order chi connectivity index (χ1) is 12.2. The Bertz CT molecular complexity index is 768. The van der Waals surface area contributed by atoms with Crippen molar-refractivity contribution in [2.24, 2.45) is 0 Å². The minimum Gasteiger partial charge on any atom is -0.488 e. The van der Waals surface area contributed by atoms with Crippen LogP contribution in [0.3, 0.4) is 0 Å². The van der Waals surface area contributed by atoms with E-state index in [2.05, 4.69) is 4.98 Å². The molecule has 140 valence electrons. The number of hydrogen-bond acceptors (Lipinski definition) is 4. The van der Waals surface area contributed by atoms with Crippen molar-refractivity contribution in [1.29, 1.82) is 0 Å². The third kappa shape index (κ3) is 5.69. The number of benzene rings is 1. The normalized spacial score (nSPS) is 11.4. The van der Waals surface area contributed by atoms with Crippen molar-refractivity contribution < 1.29 is 23.4 Å². The Morgan fingerprint density at radius 1 is 1.27 bits per heavy atom. The number of nitrogens with zero attached hydrogens (tertiary/aromatic N) is 1. The molecule has 0 saturated carbocycles. The summed E-state index contributed by atoms with van der Waals surface area (Å²) in [7, 11) is 0. The summed E-state index contributed by atoms with van der Waals surface area (Å²) in [5.41, 5.74) is 1.01. The van der Waals surface area contributed by atoms with Crippen LogP contribution in [0.25, 0.3) is 11.1 Å². The molecule has 1 N–H and O–H groups in total. The topological polar surface area (TPSA) is 59.4 Å². The Labute approximate surface area is 155 Å². The monoisotopic (exact) mass is 381 g/mol. The van der Waals surface area contributed by atoms with E-state index in [1.165, 1.54) is 23.9 Å². The van der Waals surface area contributed by atoms with Gasteiger partial charge in [-0.3, -0.25) is 4.79 Å². The molecular weight excluding hydrogens is 360 g/mol. The average molecular weight is 381 g/mol. The zero-order chi connectivity index (χ0) is 19.3. The number of hydrogen-bond donors (Lipinski definition) is 1. The summed E-state index contributed by atoms with van der Waals surface area (Å²) in [4.78, 5) is 14.8. The molecule has 0 aliphatic carbocycles. The molecule has 26 heavy (non-hydrogen) atoms. The highest BCUT2D eigenvalue weighted by atomic mass is 32.2. The molecule has 2 rings (SSSR count). The first-order valence-electron chi connectivity index (χ1n) is 8.15. The Morgan fingerprint density at radius 2 is 1.92 bits per heavy atom. The van der Waals surface area contributed by atoms with Crippen LogP contribution < -0.4 is 4.74 Å². The first kappa shape index (κ1) is 20.2. The van der Waals surface area contributed by atoms with E-state index in [9.17, 15) is 13.6 Å². The molecule has 2 aromatic rings. The van der Waals surface area contributed by atoms with E-state index in [1.807, 2.05) is 20.8 Å². The van der Waals surface area contributed by atoms with Crippen LogP contribution in [0.2, 0.25) is 0 Å².